The molecule has 0 fully saturated rings. The van der Waals surface area contributed by atoms with E-state index in [-0.39, 0.29) is 24.4 Å². The molecule has 0 aromatic rings. The average Bonchev–Trinajstić information content (AvgIpc) is 2.43. The topological polar surface area (TPSA) is 85.8 Å². The van der Waals surface area contributed by atoms with E-state index in [9.17, 15) is 9.59 Å². The summed E-state index contributed by atoms with van der Waals surface area (Å²) in [7, 11) is 3.38. The van der Waals surface area contributed by atoms with Crippen LogP contribution in [0, 0.1) is 0 Å². The molecule has 3 N–H and O–H groups in total. The van der Waals surface area contributed by atoms with Gasteiger partial charge in [0.05, 0.1) is 0 Å². The molecule has 0 aliphatic carbocycles. The maximum Gasteiger partial charge on any atom is 0.243 e. The lowest BCUT2D eigenvalue weighted by atomic mass is 10.2. The largest absolute Gasteiger partial charge is 0.357 e. The second kappa shape index (κ2) is 10.9. The Balaban J connectivity index is 4.18. The lowest BCUT2D eigenvalue weighted by Crippen LogP contribution is -2.41. The molecule has 0 saturated carbocycles. The Morgan fingerprint density at radius 2 is 1.86 bits per heavy atom. The number of aliphatic imine (C=N–C) groups is 1. The summed E-state index contributed by atoms with van der Waals surface area (Å²) in [5.41, 5.74) is 0. The fourth-order valence-corrected chi connectivity index (χ4v) is 1.37. The number of hydrogen-bond donors (Lipinski definition) is 3. The molecule has 0 rings (SSSR count). The Labute approximate surface area is 127 Å². The highest BCUT2D eigenvalue weighted by Gasteiger charge is 2.07. The van der Waals surface area contributed by atoms with Crippen LogP contribution in [0.2, 0.25) is 0 Å². The lowest BCUT2D eigenvalue weighted by Gasteiger charge is -2.14. The number of hydrogen-bond acceptors (Lipinski definition) is 3. The van der Waals surface area contributed by atoms with Crippen molar-refractivity contribution >= 4 is 17.8 Å². The summed E-state index contributed by atoms with van der Waals surface area (Å²) in [4.78, 5) is 28.8. The third-order valence-electron chi connectivity index (χ3n) is 2.88. The van der Waals surface area contributed by atoms with Gasteiger partial charge in [-0.05, 0) is 20.3 Å². The van der Waals surface area contributed by atoms with Crippen molar-refractivity contribution < 1.29 is 9.59 Å². The summed E-state index contributed by atoms with van der Waals surface area (Å²) in [5.74, 6) is 0.489. The second-order valence-electron chi connectivity index (χ2n) is 5.04. The van der Waals surface area contributed by atoms with Gasteiger partial charge < -0.3 is 20.9 Å². The molecule has 0 radical (unpaired) electrons. The van der Waals surface area contributed by atoms with Gasteiger partial charge in [0.15, 0.2) is 5.96 Å². The third kappa shape index (κ3) is 9.70. The van der Waals surface area contributed by atoms with Gasteiger partial charge >= 0.3 is 0 Å². The van der Waals surface area contributed by atoms with E-state index in [4.69, 9.17) is 0 Å². The summed E-state index contributed by atoms with van der Waals surface area (Å²) in [6, 6.07) is 0.192. The molecular formula is C14H29N5O2. The summed E-state index contributed by atoms with van der Waals surface area (Å²) in [5, 5.41) is 8.98. The van der Waals surface area contributed by atoms with Crippen molar-refractivity contribution in [2.75, 3.05) is 33.7 Å². The zero-order chi connectivity index (χ0) is 16.3. The monoisotopic (exact) mass is 299 g/mol. The Bertz CT molecular complexity index is 355. The first-order valence-electron chi connectivity index (χ1n) is 7.42. The van der Waals surface area contributed by atoms with Gasteiger partial charge in [0.2, 0.25) is 11.8 Å². The summed E-state index contributed by atoms with van der Waals surface area (Å²) < 4.78 is 0. The number of carbonyl (C=O) groups is 2. The van der Waals surface area contributed by atoms with Crippen molar-refractivity contribution in [1.82, 2.24) is 20.9 Å². The van der Waals surface area contributed by atoms with Crippen molar-refractivity contribution in [3.63, 3.8) is 0 Å². The van der Waals surface area contributed by atoms with E-state index in [0.29, 0.717) is 25.5 Å². The second-order valence-corrected chi connectivity index (χ2v) is 5.04. The first kappa shape index (κ1) is 19.2. The van der Waals surface area contributed by atoms with E-state index in [1.54, 1.807) is 14.1 Å². The molecule has 1 atom stereocenters. The van der Waals surface area contributed by atoms with Crippen molar-refractivity contribution in [2.24, 2.45) is 4.99 Å². The lowest BCUT2D eigenvalue weighted by molar-refractivity contribution is -0.127. The molecule has 21 heavy (non-hydrogen) atoms. The van der Waals surface area contributed by atoms with Gasteiger partial charge in [-0.15, -0.1) is 0 Å². The minimum Gasteiger partial charge on any atom is -0.357 e. The first-order chi connectivity index (χ1) is 9.90. The highest BCUT2D eigenvalue weighted by molar-refractivity contribution is 5.85. The summed E-state index contributed by atoms with van der Waals surface area (Å²) in [6.07, 6.45) is 1.28. The molecular weight excluding hydrogens is 270 g/mol. The number of nitrogens with one attached hydrogen (secondary N) is 3. The minimum atomic E-state index is -0.0679. The maximum atomic E-state index is 11.6. The SMILES string of the molecule is CCNC(=NCC(=O)N(C)C)NCCC(=O)NC(C)CC. The molecule has 0 aromatic carbocycles. The van der Waals surface area contributed by atoms with E-state index in [1.807, 2.05) is 20.8 Å². The van der Waals surface area contributed by atoms with Gasteiger partial charge in [0.1, 0.15) is 6.54 Å². The minimum absolute atomic E-state index is 0.0112. The van der Waals surface area contributed by atoms with Crippen LogP contribution < -0.4 is 16.0 Å². The van der Waals surface area contributed by atoms with E-state index >= 15 is 0 Å². The van der Waals surface area contributed by atoms with Crippen LogP contribution in [-0.4, -0.2) is 62.4 Å². The van der Waals surface area contributed by atoms with Crippen molar-refractivity contribution in [3.8, 4) is 0 Å². The maximum absolute atomic E-state index is 11.6. The fraction of sp³-hybridized carbons (Fsp3) is 0.786. The number of guanidine groups is 1. The first-order valence-corrected chi connectivity index (χ1v) is 7.42. The molecule has 0 saturated heterocycles. The van der Waals surface area contributed by atoms with Crippen LogP contribution in [0.1, 0.15) is 33.6 Å². The number of rotatable bonds is 8. The predicted octanol–water partition coefficient (Wildman–Crippen LogP) is -0.0655. The van der Waals surface area contributed by atoms with E-state index < -0.39 is 0 Å². The molecule has 0 spiro atoms. The molecule has 0 bridgehead atoms. The summed E-state index contributed by atoms with van der Waals surface area (Å²) in [6.45, 7) is 7.21. The van der Waals surface area contributed by atoms with Crippen LogP contribution in [-0.2, 0) is 9.59 Å². The van der Waals surface area contributed by atoms with Crippen LogP contribution in [0.4, 0.5) is 0 Å². The molecule has 0 aliphatic rings. The summed E-state index contributed by atoms with van der Waals surface area (Å²) >= 11 is 0. The molecule has 1 unspecified atom stereocenters. The van der Waals surface area contributed by atoms with Crippen molar-refractivity contribution in [1.29, 1.82) is 0 Å². The van der Waals surface area contributed by atoms with Gasteiger partial charge in [-0.1, -0.05) is 6.92 Å². The Morgan fingerprint density at radius 1 is 1.19 bits per heavy atom. The molecule has 0 aromatic heterocycles. The Kier molecular flexibility index (Phi) is 10.0. The highest BCUT2D eigenvalue weighted by atomic mass is 16.2. The molecule has 7 heteroatoms. The molecule has 7 nitrogen and oxygen atoms in total. The van der Waals surface area contributed by atoms with Crippen LogP contribution in [0.5, 0.6) is 0 Å². The van der Waals surface area contributed by atoms with E-state index in [0.717, 1.165) is 6.42 Å². The number of amides is 2. The standard InChI is InChI=1S/C14H29N5O2/c1-6-11(3)18-12(20)8-9-16-14(15-7-2)17-10-13(21)19(4)5/h11H,6-10H2,1-5H3,(H,18,20)(H2,15,16,17). The van der Waals surface area contributed by atoms with Gasteiger partial charge in [-0.2, -0.15) is 0 Å². The van der Waals surface area contributed by atoms with Gasteiger partial charge in [-0.3, -0.25) is 9.59 Å². The quantitative estimate of drug-likeness (QED) is 0.433. The van der Waals surface area contributed by atoms with Gasteiger partial charge in [0.25, 0.3) is 0 Å². The van der Waals surface area contributed by atoms with Crippen molar-refractivity contribution in [2.45, 2.75) is 39.7 Å². The normalized spacial score (nSPS) is 12.5. The van der Waals surface area contributed by atoms with Gasteiger partial charge in [-0.25, -0.2) is 4.99 Å². The predicted molar refractivity (Wildman–Crippen MR) is 85.2 cm³/mol. The number of likely N-dealkylation sites (N-methyl/N-ethyl adjacent to an activating group) is 1. The van der Waals surface area contributed by atoms with Crippen LogP contribution >= 0.6 is 0 Å². The zero-order valence-electron chi connectivity index (χ0n) is 13.8. The molecule has 0 aliphatic heterocycles. The zero-order valence-corrected chi connectivity index (χ0v) is 13.8. The van der Waals surface area contributed by atoms with Crippen molar-refractivity contribution in [3.05, 3.63) is 0 Å². The Hall–Kier alpha value is -1.79. The van der Waals surface area contributed by atoms with E-state index in [2.05, 4.69) is 20.9 Å². The number of nitrogens with zero attached hydrogens (tertiary/aromatic N) is 2. The highest BCUT2D eigenvalue weighted by Crippen LogP contribution is 1.89. The number of carbonyl (C=O) groups excluding carboxylic acids is 2. The van der Waals surface area contributed by atoms with Gasteiger partial charge in [0, 0.05) is 39.6 Å². The van der Waals surface area contributed by atoms with E-state index in [1.165, 1.54) is 4.90 Å². The smallest absolute Gasteiger partial charge is 0.243 e. The van der Waals surface area contributed by atoms with Crippen LogP contribution in [0.25, 0.3) is 0 Å². The van der Waals surface area contributed by atoms with Crippen LogP contribution in [0.3, 0.4) is 0 Å². The molecule has 2 amide bonds. The van der Waals surface area contributed by atoms with Crippen LogP contribution in [0.15, 0.2) is 4.99 Å². The Morgan fingerprint density at radius 3 is 2.38 bits per heavy atom. The fourth-order valence-electron chi connectivity index (χ4n) is 1.37. The average molecular weight is 299 g/mol. The molecule has 122 valence electrons. The molecule has 0 heterocycles. The third-order valence-corrected chi connectivity index (χ3v) is 2.88.